The van der Waals surface area contributed by atoms with Crippen molar-refractivity contribution in [1.82, 2.24) is 9.78 Å². The van der Waals surface area contributed by atoms with Gasteiger partial charge in [0.25, 0.3) is 0 Å². The number of aromatic nitrogens is 2. The summed E-state index contributed by atoms with van der Waals surface area (Å²) in [6.45, 7) is 0. The fourth-order valence-corrected chi connectivity index (χ4v) is 2.27. The third kappa shape index (κ3) is 2.51. The van der Waals surface area contributed by atoms with Crippen LogP contribution in [0.1, 0.15) is 40.4 Å². The highest BCUT2D eigenvalue weighted by Crippen LogP contribution is 2.42. The molecule has 7 heteroatoms. The number of carbonyl (C=O) groups is 1. The van der Waals surface area contributed by atoms with Gasteiger partial charge in [-0.05, 0) is 37.1 Å². The third-order valence-corrected chi connectivity index (χ3v) is 3.44. The Balaban J connectivity index is 2.03. The number of nitrogens with zero attached hydrogens (tertiary/aromatic N) is 2. The van der Waals surface area contributed by atoms with Crippen LogP contribution in [-0.4, -0.2) is 20.9 Å². The molecular formula is C14H11F3N2O2. The van der Waals surface area contributed by atoms with Gasteiger partial charge in [0.1, 0.15) is 5.56 Å². The molecule has 0 radical (unpaired) electrons. The van der Waals surface area contributed by atoms with E-state index >= 15 is 0 Å². The topological polar surface area (TPSA) is 55.1 Å². The predicted molar refractivity (Wildman–Crippen MR) is 67.5 cm³/mol. The van der Waals surface area contributed by atoms with Crippen molar-refractivity contribution in [2.75, 3.05) is 0 Å². The lowest BCUT2D eigenvalue weighted by Gasteiger charge is -2.10. The number of hydrogen-bond donors (Lipinski definition) is 1. The third-order valence-electron chi connectivity index (χ3n) is 3.44. The molecule has 0 spiro atoms. The van der Waals surface area contributed by atoms with Crippen LogP contribution in [0.2, 0.25) is 0 Å². The van der Waals surface area contributed by atoms with E-state index in [1.807, 2.05) is 0 Å². The maximum absolute atomic E-state index is 12.5. The van der Waals surface area contributed by atoms with Crippen LogP contribution in [0.3, 0.4) is 0 Å². The van der Waals surface area contributed by atoms with E-state index in [2.05, 4.69) is 5.10 Å². The number of hydrogen-bond acceptors (Lipinski definition) is 2. The largest absolute Gasteiger partial charge is 0.478 e. The summed E-state index contributed by atoms with van der Waals surface area (Å²) in [7, 11) is 0. The van der Waals surface area contributed by atoms with Gasteiger partial charge in [-0.3, -0.25) is 0 Å². The summed E-state index contributed by atoms with van der Waals surface area (Å²) < 4.78 is 39.1. The van der Waals surface area contributed by atoms with Gasteiger partial charge in [-0.1, -0.05) is 0 Å². The summed E-state index contributed by atoms with van der Waals surface area (Å²) in [6.07, 6.45) is -1.42. The van der Waals surface area contributed by atoms with Gasteiger partial charge in [0.05, 0.1) is 23.1 Å². The summed E-state index contributed by atoms with van der Waals surface area (Å²) in [5.74, 6) is -0.962. The average Bonchev–Trinajstić information content (AvgIpc) is 3.16. The van der Waals surface area contributed by atoms with Gasteiger partial charge in [0.2, 0.25) is 0 Å². The first-order chi connectivity index (χ1) is 9.88. The van der Waals surface area contributed by atoms with Gasteiger partial charge in [0.15, 0.2) is 0 Å². The van der Waals surface area contributed by atoms with Crippen molar-refractivity contribution in [2.45, 2.75) is 24.9 Å². The summed E-state index contributed by atoms with van der Waals surface area (Å²) >= 11 is 0. The minimum Gasteiger partial charge on any atom is -0.478 e. The maximum Gasteiger partial charge on any atom is 0.416 e. The summed E-state index contributed by atoms with van der Waals surface area (Å²) in [4.78, 5) is 11.2. The van der Waals surface area contributed by atoms with Crippen molar-refractivity contribution in [3.63, 3.8) is 0 Å². The van der Waals surface area contributed by atoms with Gasteiger partial charge in [-0.2, -0.15) is 18.3 Å². The van der Waals surface area contributed by atoms with Crippen LogP contribution < -0.4 is 0 Å². The van der Waals surface area contributed by atoms with Crippen LogP contribution in [0.5, 0.6) is 0 Å². The van der Waals surface area contributed by atoms with Crippen LogP contribution in [-0.2, 0) is 6.18 Å². The minimum atomic E-state index is -4.39. The number of carboxylic acids is 1. The van der Waals surface area contributed by atoms with Gasteiger partial charge in [-0.25, -0.2) is 9.48 Å². The van der Waals surface area contributed by atoms with Crippen molar-refractivity contribution in [2.24, 2.45) is 0 Å². The standard InChI is InChI=1S/C14H11F3N2O2/c15-14(16,17)9-3-5-10(6-4-9)19-12(8-1-2-8)11(7-18-19)13(20)21/h3-8H,1-2H2,(H,20,21). The lowest BCUT2D eigenvalue weighted by molar-refractivity contribution is -0.137. The molecule has 4 nitrogen and oxygen atoms in total. The Kier molecular flexibility index (Phi) is 3.00. The SMILES string of the molecule is O=C(O)c1cnn(-c2ccc(C(F)(F)F)cc2)c1C1CC1. The molecule has 110 valence electrons. The van der Waals surface area contributed by atoms with E-state index in [0.29, 0.717) is 11.4 Å². The Hall–Kier alpha value is -2.31. The van der Waals surface area contributed by atoms with E-state index < -0.39 is 17.7 Å². The molecule has 0 unspecified atom stereocenters. The number of benzene rings is 1. The van der Waals surface area contributed by atoms with E-state index in [-0.39, 0.29) is 11.5 Å². The van der Waals surface area contributed by atoms with E-state index in [0.717, 1.165) is 25.0 Å². The first-order valence-corrected chi connectivity index (χ1v) is 6.37. The Morgan fingerprint density at radius 1 is 1.24 bits per heavy atom. The van der Waals surface area contributed by atoms with Gasteiger partial charge >= 0.3 is 12.1 Å². The smallest absolute Gasteiger partial charge is 0.416 e. The van der Waals surface area contributed by atoms with Crippen LogP contribution in [0.4, 0.5) is 13.2 Å². The van der Waals surface area contributed by atoms with E-state index in [1.54, 1.807) is 0 Å². The molecule has 1 aromatic heterocycles. The number of alkyl halides is 3. The average molecular weight is 296 g/mol. The molecule has 3 rings (SSSR count). The molecule has 21 heavy (non-hydrogen) atoms. The molecule has 1 fully saturated rings. The highest BCUT2D eigenvalue weighted by molar-refractivity contribution is 5.89. The lowest BCUT2D eigenvalue weighted by Crippen LogP contribution is -2.07. The number of carboxylic acid groups (broad SMARTS) is 1. The fourth-order valence-electron chi connectivity index (χ4n) is 2.27. The zero-order valence-electron chi connectivity index (χ0n) is 10.8. The number of rotatable bonds is 3. The number of aromatic carboxylic acids is 1. The van der Waals surface area contributed by atoms with Gasteiger partial charge in [0, 0.05) is 5.92 Å². The molecule has 1 aromatic carbocycles. The maximum atomic E-state index is 12.5. The molecule has 1 saturated carbocycles. The van der Waals surface area contributed by atoms with Gasteiger partial charge < -0.3 is 5.11 Å². The lowest BCUT2D eigenvalue weighted by atomic mass is 10.1. The predicted octanol–water partition coefficient (Wildman–Crippen LogP) is 3.47. The first kappa shape index (κ1) is 13.7. The number of halogens is 3. The van der Waals surface area contributed by atoms with Crippen LogP contribution >= 0.6 is 0 Å². The van der Waals surface area contributed by atoms with Crippen LogP contribution in [0.15, 0.2) is 30.5 Å². The molecule has 1 heterocycles. The van der Waals surface area contributed by atoms with E-state index in [1.165, 1.54) is 23.0 Å². The molecular weight excluding hydrogens is 285 g/mol. The molecule has 1 aliphatic rings. The van der Waals surface area contributed by atoms with Crippen molar-refractivity contribution in [1.29, 1.82) is 0 Å². The van der Waals surface area contributed by atoms with Gasteiger partial charge in [-0.15, -0.1) is 0 Å². The van der Waals surface area contributed by atoms with E-state index in [4.69, 9.17) is 5.11 Å². The highest BCUT2D eigenvalue weighted by atomic mass is 19.4. The Bertz CT molecular complexity index is 685. The zero-order chi connectivity index (χ0) is 15.2. The van der Waals surface area contributed by atoms with Crippen molar-refractivity contribution in [3.05, 3.63) is 47.3 Å². The second kappa shape index (κ2) is 4.61. The summed E-state index contributed by atoms with van der Waals surface area (Å²) in [6, 6.07) is 4.53. The van der Waals surface area contributed by atoms with E-state index in [9.17, 15) is 18.0 Å². The molecule has 0 bridgehead atoms. The highest BCUT2D eigenvalue weighted by Gasteiger charge is 2.33. The van der Waals surface area contributed by atoms with Crippen molar-refractivity contribution in [3.8, 4) is 5.69 Å². The molecule has 0 saturated heterocycles. The normalized spacial score (nSPS) is 15.2. The molecule has 0 atom stereocenters. The second-order valence-corrected chi connectivity index (χ2v) is 4.98. The Morgan fingerprint density at radius 3 is 2.33 bits per heavy atom. The second-order valence-electron chi connectivity index (χ2n) is 4.98. The summed E-state index contributed by atoms with van der Waals surface area (Å²) in [5.41, 5.74) is 0.349. The van der Waals surface area contributed by atoms with Crippen LogP contribution in [0, 0.1) is 0 Å². The van der Waals surface area contributed by atoms with Crippen molar-refractivity contribution < 1.29 is 23.1 Å². The summed E-state index contributed by atoms with van der Waals surface area (Å²) in [5, 5.41) is 13.2. The fraction of sp³-hybridized carbons (Fsp3) is 0.286. The minimum absolute atomic E-state index is 0.109. The quantitative estimate of drug-likeness (QED) is 0.943. The molecule has 0 amide bonds. The van der Waals surface area contributed by atoms with Crippen molar-refractivity contribution >= 4 is 5.97 Å². The zero-order valence-corrected chi connectivity index (χ0v) is 10.8. The monoisotopic (exact) mass is 296 g/mol. The van der Waals surface area contributed by atoms with Crippen LogP contribution in [0.25, 0.3) is 5.69 Å². The molecule has 1 N–H and O–H groups in total. The molecule has 2 aromatic rings. The Labute approximate surface area is 117 Å². The first-order valence-electron chi connectivity index (χ1n) is 6.37. The molecule has 1 aliphatic carbocycles. The molecule has 0 aliphatic heterocycles. The Morgan fingerprint density at radius 2 is 1.86 bits per heavy atom.